The lowest BCUT2D eigenvalue weighted by molar-refractivity contribution is -0.142. The van der Waals surface area contributed by atoms with Crippen LogP contribution in [0.1, 0.15) is 34.6 Å². The Morgan fingerprint density at radius 3 is 2.38 bits per heavy atom. The van der Waals surface area contributed by atoms with Gasteiger partial charge in [-0.3, -0.25) is 4.79 Å². The van der Waals surface area contributed by atoms with Crippen molar-refractivity contribution in [2.75, 3.05) is 6.26 Å². The third kappa shape index (κ3) is 2.17. The smallest absolute Gasteiger partial charge is 0.247 e. The highest BCUT2D eigenvalue weighted by Crippen LogP contribution is 2.39. The first-order valence-electron chi connectivity index (χ1n) is 5.79. The summed E-state index contributed by atoms with van der Waals surface area (Å²) >= 11 is 1.48. The third-order valence-corrected chi connectivity index (χ3v) is 8.16. The van der Waals surface area contributed by atoms with Crippen molar-refractivity contribution in [3.63, 3.8) is 0 Å². The van der Waals surface area contributed by atoms with Crippen molar-refractivity contribution in [2.45, 2.75) is 51.1 Å². The molecule has 0 aromatic carbocycles. The van der Waals surface area contributed by atoms with E-state index in [4.69, 9.17) is 5.73 Å². The summed E-state index contributed by atoms with van der Waals surface area (Å²) in [5, 5.41) is 0. The number of hydrogen-bond acceptors (Lipinski definition) is 3. The molecule has 0 saturated carbocycles. The predicted molar refractivity (Wildman–Crippen MR) is 74.2 cm³/mol. The highest BCUT2D eigenvalue weighted by Gasteiger charge is 2.55. The molecule has 1 heterocycles. The van der Waals surface area contributed by atoms with E-state index in [-0.39, 0.29) is 11.9 Å². The molecule has 0 spiro atoms. The predicted octanol–water partition coefficient (Wildman–Crippen LogP) is 1.17. The van der Waals surface area contributed by atoms with E-state index in [1.807, 2.05) is 10.8 Å². The molecule has 0 radical (unpaired) electrons. The van der Waals surface area contributed by atoms with E-state index >= 15 is 0 Å². The number of β-lactam (4-membered cyclic amide) rings is 1. The minimum Gasteiger partial charge on any atom is -0.367 e. The van der Waals surface area contributed by atoms with E-state index in [0.29, 0.717) is 11.0 Å². The molecule has 5 heteroatoms. The summed E-state index contributed by atoms with van der Waals surface area (Å²) in [6.07, 6.45) is 1.92. The number of hydrogen-bond donors (Lipinski definition) is 1. The molecular weight excluding hydrogens is 236 g/mol. The molecule has 1 amide bonds. The van der Waals surface area contributed by atoms with Gasteiger partial charge in [-0.15, -0.1) is 11.8 Å². The summed E-state index contributed by atoms with van der Waals surface area (Å²) in [5.74, 6) is 0.148. The molecule has 94 valence electrons. The maximum absolute atomic E-state index is 12.0. The van der Waals surface area contributed by atoms with Gasteiger partial charge in [0, 0.05) is 0 Å². The fourth-order valence-electron chi connectivity index (χ4n) is 1.81. The van der Waals surface area contributed by atoms with Crippen LogP contribution in [-0.2, 0) is 4.79 Å². The standard InChI is InChI=1S/C11H24N2OSSi/c1-7-11(12,15-6)9(14)13(7)16-8(2)10(3,4)5/h7-8H,12,16H2,1-6H3. The van der Waals surface area contributed by atoms with Crippen LogP contribution in [0.3, 0.4) is 0 Å². The van der Waals surface area contributed by atoms with Crippen molar-refractivity contribution in [1.29, 1.82) is 0 Å². The lowest BCUT2D eigenvalue weighted by Gasteiger charge is -2.53. The average Bonchev–Trinajstić information content (AvgIpc) is 2.21. The summed E-state index contributed by atoms with van der Waals surface area (Å²) in [7, 11) is -0.540. The van der Waals surface area contributed by atoms with Crippen LogP contribution in [0.25, 0.3) is 0 Å². The van der Waals surface area contributed by atoms with E-state index in [2.05, 4.69) is 34.6 Å². The Morgan fingerprint density at radius 2 is 2.06 bits per heavy atom. The normalized spacial score (nSPS) is 33.3. The van der Waals surface area contributed by atoms with Crippen molar-refractivity contribution in [3.8, 4) is 0 Å². The molecule has 0 aromatic rings. The molecule has 1 fully saturated rings. The molecule has 3 nitrogen and oxygen atoms in total. The van der Waals surface area contributed by atoms with Crippen molar-refractivity contribution < 1.29 is 4.79 Å². The zero-order chi connectivity index (χ0) is 12.7. The summed E-state index contributed by atoms with van der Waals surface area (Å²) in [5.41, 5.74) is 6.96. The monoisotopic (exact) mass is 260 g/mol. The van der Waals surface area contributed by atoms with Gasteiger partial charge in [0.25, 0.3) is 0 Å². The van der Waals surface area contributed by atoms with Crippen LogP contribution in [0.5, 0.6) is 0 Å². The molecule has 16 heavy (non-hydrogen) atoms. The van der Waals surface area contributed by atoms with Gasteiger partial charge < -0.3 is 10.3 Å². The van der Waals surface area contributed by atoms with Gasteiger partial charge >= 0.3 is 0 Å². The SMILES string of the molecule is CSC1(N)C(=O)N([SiH2]C(C)C(C)(C)C)C1C. The zero-order valence-electron chi connectivity index (χ0n) is 11.2. The van der Waals surface area contributed by atoms with Crippen molar-refractivity contribution in [3.05, 3.63) is 0 Å². The lowest BCUT2D eigenvalue weighted by Crippen LogP contribution is -2.76. The van der Waals surface area contributed by atoms with E-state index in [1.165, 1.54) is 11.8 Å². The number of nitrogens with zero attached hydrogens (tertiary/aromatic N) is 1. The minimum absolute atomic E-state index is 0.148. The maximum Gasteiger partial charge on any atom is 0.247 e. The Balaban J connectivity index is 2.64. The first-order valence-corrected chi connectivity index (χ1v) is 8.47. The fraction of sp³-hybridized carbons (Fsp3) is 0.909. The van der Waals surface area contributed by atoms with Crippen LogP contribution in [-0.4, -0.2) is 37.3 Å². The second-order valence-electron chi connectivity index (χ2n) is 5.90. The van der Waals surface area contributed by atoms with Gasteiger partial charge in [0.05, 0.1) is 6.04 Å². The number of amides is 1. The number of rotatable bonds is 3. The van der Waals surface area contributed by atoms with Crippen LogP contribution in [0, 0.1) is 5.41 Å². The summed E-state index contributed by atoms with van der Waals surface area (Å²) in [4.78, 5) is 11.4. The second kappa shape index (κ2) is 4.35. The van der Waals surface area contributed by atoms with Crippen LogP contribution in [0.2, 0.25) is 5.54 Å². The van der Waals surface area contributed by atoms with Gasteiger partial charge in [-0.2, -0.15) is 0 Å². The van der Waals surface area contributed by atoms with E-state index < -0.39 is 14.6 Å². The first-order chi connectivity index (χ1) is 7.14. The molecule has 1 aliphatic rings. The zero-order valence-corrected chi connectivity index (χ0v) is 13.4. The Morgan fingerprint density at radius 1 is 1.56 bits per heavy atom. The largest absolute Gasteiger partial charge is 0.367 e. The number of carbonyl (C=O) groups excluding carboxylic acids is 1. The molecular formula is C11H24N2OSSi. The topological polar surface area (TPSA) is 46.3 Å². The van der Waals surface area contributed by atoms with Crippen molar-refractivity contribution in [2.24, 2.45) is 11.1 Å². The van der Waals surface area contributed by atoms with Gasteiger partial charge in [0.2, 0.25) is 5.91 Å². The van der Waals surface area contributed by atoms with E-state index in [9.17, 15) is 4.79 Å². The van der Waals surface area contributed by atoms with Crippen LogP contribution < -0.4 is 5.73 Å². The Kier molecular flexibility index (Phi) is 3.82. The Labute approximate surface area is 105 Å². The van der Waals surface area contributed by atoms with Gasteiger partial charge in [-0.1, -0.05) is 27.7 Å². The molecule has 2 N–H and O–H groups in total. The third-order valence-electron chi connectivity index (χ3n) is 3.97. The Bertz CT molecular complexity index is 292. The first kappa shape index (κ1) is 14.1. The summed E-state index contributed by atoms with van der Waals surface area (Å²) in [6.45, 7) is 11.0. The van der Waals surface area contributed by atoms with Crippen molar-refractivity contribution >= 4 is 27.4 Å². The van der Waals surface area contributed by atoms with Gasteiger partial charge in [-0.25, -0.2) is 0 Å². The Hall–Kier alpha value is -0.00312. The molecule has 1 aliphatic heterocycles. The highest BCUT2D eigenvalue weighted by atomic mass is 32.2. The maximum atomic E-state index is 12.0. The minimum atomic E-state index is -0.648. The van der Waals surface area contributed by atoms with Gasteiger partial charge in [0.15, 0.2) is 4.87 Å². The lowest BCUT2D eigenvalue weighted by atomic mass is 9.93. The molecule has 0 aliphatic carbocycles. The van der Waals surface area contributed by atoms with Gasteiger partial charge in [-0.05, 0) is 24.1 Å². The van der Waals surface area contributed by atoms with E-state index in [1.54, 1.807) is 0 Å². The number of carbonyl (C=O) groups is 1. The highest BCUT2D eigenvalue weighted by molar-refractivity contribution is 8.00. The second-order valence-corrected chi connectivity index (χ2v) is 9.25. The molecule has 3 unspecified atom stereocenters. The van der Waals surface area contributed by atoms with Crippen LogP contribution >= 0.6 is 11.8 Å². The molecule has 3 atom stereocenters. The summed E-state index contributed by atoms with van der Waals surface area (Å²) in [6, 6.07) is 0.200. The molecule has 1 saturated heterocycles. The number of thioether (sulfide) groups is 1. The van der Waals surface area contributed by atoms with Gasteiger partial charge in [0.1, 0.15) is 9.68 Å². The molecule has 0 aromatic heterocycles. The van der Waals surface area contributed by atoms with Crippen LogP contribution in [0.15, 0.2) is 0 Å². The quantitative estimate of drug-likeness (QED) is 0.471. The molecule has 0 bridgehead atoms. The summed E-state index contributed by atoms with van der Waals surface area (Å²) < 4.78 is 2.05. The average molecular weight is 260 g/mol. The van der Waals surface area contributed by atoms with E-state index in [0.717, 1.165) is 0 Å². The van der Waals surface area contributed by atoms with Crippen LogP contribution in [0.4, 0.5) is 0 Å². The fourth-order valence-corrected chi connectivity index (χ4v) is 4.99. The number of nitrogens with two attached hydrogens (primary N) is 1. The van der Waals surface area contributed by atoms with Crippen molar-refractivity contribution in [1.82, 2.24) is 4.57 Å². The molecule has 1 rings (SSSR count).